The van der Waals surface area contributed by atoms with Crippen molar-refractivity contribution in [1.29, 1.82) is 0 Å². The highest BCUT2D eigenvalue weighted by atomic mass is 35.5. The SMILES string of the molecule is CCC(Nc1ccc(Cl)cc1)c1ccc(O)cc1. The molecule has 1 atom stereocenters. The lowest BCUT2D eigenvalue weighted by Crippen LogP contribution is -2.09. The lowest BCUT2D eigenvalue weighted by molar-refractivity contribution is 0.475. The second-order valence-electron chi connectivity index (χ2n) is 4.20. The highest BCUT2D eigenvalue weighted by Crippen LogP contribution is 2.24. The molecule has 2 N–H and O–H groups in total. The Morgan fingerprint density at radius 3 is 2.22 bits per heavy atom. The van der Waals surface area contributed by atoms with Gasteiger partial charge in [-0.15, -0.1) is 0 Å². The quantitative estimate of drug-likeness (QED) is 0.842. The standard InChI is InChI=1S/C15H16ClNO/c1-2-15(11-3-9-14(18)10-4-11)17-13-7-5-12(16)6-8-13/h3-10,15,17-18H,2H2,1H3. The molecule has 2 aromatic carbocycles. The third-order valence-electron chi connectivity index (χ3n) is 2.89. The van der Waals surface area contributed by atoms with Crippen molar-refractivity contribution in [3.05, 3.63) is 59.1 Å². The summed E-state index contributed by atoms with van der Waals surface area (Å²) in [7, 11) is 0. The predicted molar refractivity (Wildman–Crippen MR) is 76.2 cm³/mol. The van der Waals surface area contributed by atoms with Gasteiger partial charge in [-0.05, 0) is 48.4 Å². The van der Waals surface area contributed by atoms with Crippen LogP contribution in [0.4, 0.5) is 5.69 Å². The molecule has 0 aliphatic rings. The number of nitrogens with one attached hydrogen (secondary N) is 1. The van der Waals surface area contributed by atoms with Gasteiger partial charge in [0.1, 0.15) is 5.75 Å². The summed E-state index contributed by atoms with van der Waals surface area (Å²) in [5.41, 5.74) is 2.20. The first-order valence-electron chi connectivity index (χ1n) is 6.00. The Hall–Kier alpha value is -1.67. The fourth-order valence-corrected chi connectivity index (χ4v) is 2.00. The third kappa shape index (κ3) is 3.17. The van der Waals surface area contributed by atoms with Gasteiger partial charge >= 0.3 is 0 Å². The van der Waals surface area contributed by atoms with Gasteiger partial charge in [0.2, 0.25) is 0 Å². The molecule has 0 spiro atoms. The van der Waals surface area contributed by atoms with Crippen LogP contribution in [0, 0.1) is 0 Å². The van der Waals surface area contributed by atoms with E-state index in [1.165, 1.54) is 0 Å². The predicted octanol–water partition coefficient (Wildman–Crippen LogP) is 4.61. The number of hydrogen-bond acceptors (Lipinski definition) is 2. The van der Waals surface area contributed by atoms with E-state index < -0.39 is 0 Å². The lowest BCUT2D eigenvalue weighted by Gasteiger charge is -2.19. The molecule has 0 heterocycles. The van der Waals surface area contributed by atoms with E-state index in [0.29, 0.717) is 5.75 Å². The van der Waals surface area contributed by atoms with Gasteiger partial charge in [-0.25, -0.2) is 0 Å². The zero-order chi connectivity index (χ0) is 13.0. The smallest absolute Gasteiger partial charge is 0.115 e. The second kappa shape index (κ2) is 5.78. The van der Waals surface area contributed by atoms with E-state index in [1.54, 1.807) is 12.1 Å². The molecule has 0 aliphatic carbocycles. The minimum atomic E-state index is 0.228. The second-order valence-corrected chi connectivity index (χ2v) is 4.64. The van der Waals surface area contributed by atoms with Crippen LogP contribution in [0.5, 0.6) is 5.75 Å². The molecule has 1 unspecified atom stereocenters. The summed E-state index contributed by atoms with van der Waals surface area (Å²) >= 11 is 5.86. The zero-order valence-electron chi connectivity index (χ0n) is 10.2. The number of aromatic hydroxyl groups is 1. The molecule has 2 nitrogen and oxygen atoms in total. The summed E-state index contributed by atoms with van der Waals surface area (Å²) in [5.74, 6) is 0.292. The Kier molecular flexibility index (Phi) is 4.11. The molecule has 0 amide bonds. The maximum absolute atomic E-state index is 9.30. The molecule has 0 saturated heterocycles. The van der Waals surface area contributed by atoms with Gasteiger partial charge in [0.25, 0.3) is 0 Å². The minimum Gasteiger partial charge on any atom is -0.508 e. The van der Waals surface area contributed by atoms with Crippen LogP contribution in [0.3, 0.4) is 0 Å². The molecule has 0 aromatic heterocycles. The molecule has 2 rings (SSSR count). The Morgan fingerprint density at radius 2 is 1.67 bits per heavy atom. The Bertz CT molecular complexity index is 493. The van der Waals surface area contributed by atoms with Crippen LogP contribution >= 0.6 is 11.6 Å². The van der Waals surface area contributed by atoms with Crippen LogP contribution in [0.1, 0.15) is 24.9 Å². The van der Waals surface area contributed by atoms with Crippen molar-refractivity contribution in [1.82, 2.24) is 0 Å². The average Bonchev–Trinajstić information content (AvgIpc) is 2.39. The molecule has 2 aromatic rings. The number of phenols is 1. The van der Waals surface area contributed by atoms with Crippen LogP contribution in [-0.2, 0) is 0 Å². The van der Waals surface area contributed by atoms with Crippen LogP contribution in [0.25, 0.3) is 0 Å². The van der Waals surface area contributed by atoms with E-state index in [0.717, 1.165) is 22.7 Å². The summed E-state index contributed by atoms with van der Waals surface area (Å²) < 4.78 is 0. The Morgan fingerprint density at radius 1 is 1.06 bits per heavy atom. The fraction of sp³-hybridized carbons (Fsp3) is 0.200. The highest BCUT2D eigenvalue weighted by molar-refractivity contribution is 6.30. The van der Waals surface area contributed by atoms with Gasteiger partial charge in [-0.1, -0.05) is 30.7 Å². The Balaban J connectivity index is 2.14. The first-order valence-corrected chi connectivity index (χ1v) is 6.38. The maximum Gasteiger partial charge on any atom is 0.115 e. The van der Waals surface area contributed by atoms with Crippen molar-refractivity contribution < 1.29 is 5.11 Å². The van der Waals surface area contributed by atoms with Crippen molar-refractivity contribution in [3.8, 4) is 5.75 Å². The van der Waals surface area contributed by atoms with Crippen LogP contribution in [-0.4, -0.2) is 5.11 Å². The molecule has 18 heavy (non-hydrogen) atoms. The van der Waals surface area contributed by atoms with Gasteiger partial charge in [0.15, 0.2) is 0 Å². The zero-order valence-corrected chi connectivity index (χ0v) is 11.0. The van der Waals surface area contributed by atoms with Gasteiger partial charge in [0.05, 0.1) is 6.04 Å². The summed E-state index contributed by atoms with van der Waals surface area (Å²) in [6, 6.07) is 15.2. The molecule has 0 bridgehead atoms. The first kappa shape index (κ1) is 12.8. The van der Waals surface area contributed by atoms with Crippen LogP contribution in [0.2, 0.25) is 5.02 Å². The van der Waals surface area contributed by atoms with Crippen molar-refractivity contribution in [3.63, 3.8) is 0 Å². The summed E-state index contributed by atoms with van der Waals surface area (Å²) in [6.45, 7) is 2.13. The summed E-state index contributed by atoms with van der Waals surface area (Å²) in [4.78, 5) is 0. The molecule has 3 heteroatoms. The molecule has 0 fully saturated rings. The number of rotatable bonds is 4. The normalized spacial score (nSPS) is 12.1. The summed E-state index contributed by atoms with van der Waals surface area (Å²) in [5, 5.41) is 13.5. The lowest BCUT2D eigenvalue weighted by atomic mass is 10.0. The van der Waals surface area contributed by atoms with Gasteiger partial charge in [-0.2, -0.15) is 0 Å². The molecule has 0 aliphatic heterocycles. The summed E-state index contributed by atoms with van der Waals surface area (Å²) in [6.07, 6.45) is 0.966. The van der Waals surface area contributed by atoms with Gasteiger partial charge in [-0.3, -0.25) is 0 Å². The number of halogens is 1. The van der Waals surface area contributed by atoms with Crippen molar-refractivity contribution in [2.45, 2.75) is 19.4 Å². The highest BCUT2D eigenvalue weighted by Gasteiger charge is 2.08. The minimum absolute atomic E-state index is 0.228. The molecule has 0 saturated carbocycles. The third-order valence-corrected chi connectivity index (χ3v) is 3.14. The van der Waals surface area contributed by atoms with Gasteiger partial charge < -0.3 is 10.4 Å². The van der Waals surface area contributed by atoms with Crippen LogP contribution < -0.4 is 5.32 Å². The number of phenolic OH excluding ortho intramolecular Hbond substituents is 1. The van der Waals surface area contributed by atoms with E-state index in [1.807, 2.05) is 36.4 Å². The number of anilines is 1. The molecule has 0 radical (unpaired) electrons. The molecular formula is C15H16ClNO. The van der Waals surface area contributed by atoms with Crippen molar-refractivity contribution in [2.24, 2.45) is 0 Å². The fourth-order valence-electron chi connectivity index (χ4n) is 1.88. The number of benzene rings is 2. The Labute approximate surface area is 112 Å². The van der Waals surface area contributed by atoms with Crippen molar-refractivity contribution >= 4 is 17.3 Å². The van der Waals surface area contributed by atoms with E-state index in [4.69, 9.17) is 11.6 Å². The van der Waals surface area contributed by atoms with E-state index in [2.05, 4.69) is 12.2 Å². The van der Waals surface area contributed by atoms with Gasteiger partial charge in [0, 0.05) is 10.7 Å². The average molecular weight is 262 g/mol. The van der Waals surface area contributed by atoms with E-state index in [9.17, 15) is 5.11 Å². The van der Waals surface area contributed by atoms with Crippen LogP contribution in [0.15, 0.2) is 48.5 Å². The molecule has 94 valence electrons. The molecular weight excluding hydrogens is 246 g/mol. The monoisotopic (exact) mass is 261 g/mol. The van der Waals surface area contributed by atoms with E-state index in [-0.39, 0.29) is 6.04 Å². The first-order chi connectivity index (χ1) is 8.69. The van der Waals surface area contributed by atoms with E-state index >= 15 is 0 Å². The van der Waals surface area contributed by atoms with Crippen molar-refractivity contribution in [2.75, 3.05) is 5.32 Å². The topological polar surface area (TPSA) is 32.3 Å². The largest absolute Gasteiger partial charge is 0.508 e. The maximum atomic E-state index is 9.30. The number of hydrogen-bond donors (Lipinski definition) is 2.